The molecule has 0 unspecified atom stereocenters. The molecule has 0 bridgehead atoms. The van der Waals surface area contributed by atoms with Gasteiger partial charge in [-0.3, -0.25) is 4.79 Å². The van der Waals surface area contributed by atoms with Crippen LogP contribution in [0.3, 0.4) is 0 Å². The molecule has 0 saturated carbocycles. The van der Waals surface area contributed by atoms with Crippen LogP contribution in [0.5, 0.6) is 0 Å². The molecule has 5 rings (SSSR count). The fourth-order valence-corrected chi connectivity index (χ4v) is 4.44. The zero-order valence-electron chi connectivity index (χ0n) is 21.6. The molecule has 9 heteroatoms. The van der Waals surface area contributed by atoms with E-state index in [1.807, 2.05) is 36.4 Å². The Balaban J connectivity index is 1.12. The highest BCUT2D eigenvalue weighted by atomic mass is 16.5. The number of carbonyl (C=O) groups excluding carboxylic acids is 2. The summed E-state index contributed by atoms with van der Waals surface area (Å²) in [6.45, 7) is 1.76. The Kier molecular flexibility index (Phi) is 7.79. The Morgan fingerprint density at radius 1 is 0.821 bits per heavy atom. The van der Waals surface area contributed by atoms with Crippen LogP contribution < -0.4 is 20.9 Å². The topological polar surface area (TPSA) is 119 Å². The van der Waals surface area contributed by atoms with Crippen LogP contribution in [0.4, 0.5) is 34.1 Å². The van der Waals surface area contributed by atoms with Crippen LogP contribution in [0, 0.1) is 0 Å². The number of carbonyl (C=O) groups is 2. The third-order valence-corrected chi connectivity index (χ3v) is 6.65. The molecule has 1 aliphatic rings. The number of anilines is 6. The number of methoxy groups -OCH3 is 1. The summed E-state index contributed by atoms with van der Waals surface area (Å²) < 4.78 is 4.65. The average molecular weight is 526 g/mol. The third-order valence-electron chi connectivity index (χ3n) is 6.65. The van der Waals surface area contributed by atoms with E-state index in [0.717, 1.165) is 48.7 Å². The van der Waals surface area contributed by atoms with Gasteiger partial charge in [0.2, 0.25) is 0 Å². The number of hydrogen-bond donors (Lipinski definition) is 5. The van der Waals surface area contributed by atoms with Crippen LogP contribution in [0.1, 0.15) is 33.7 Å². The highest BCUT2D eigenvalue weighted by molar-refractivity contribution is 6.05. The molecule has 1 saturated heterocycles. The highest BCUT2D eigenvalue weighted by Crippen LogP contribution is 2.26. The van der Waals surface area contributed by atoms with E-state index in [0.29, 0.717) is 11.3 Å². The van der Waals surface area contributed by atoms with E-state index < -0.39 is 5.97 Å². The number of aliphatic hydroxyl groups is 1. The van der Waals surface area contributed by atoms with E-state index in [9.17, 15) is 14.7 Å². The van der Waals surface area contributed by atoms with E-state index in [1.54, 1.807) is 12.1 Å². The number of benzene rings is 3. The van der Waals surface area contributed by atoms with Gasteiger partial charge in [-0.05, 0) is 91.7 Å². The molecule has 3 aromatic carbocycles. The Hall–Kier alpha value is -4.76. The molecule has 0 atom stereocenters. The zero-order chi connectivity index (χ0) is 27.2. The number of esters is 1. The van der Waals surface area contributed by atoms with Crippen molar-refractivity contribution >= 4 is 46.0 Å². The summed E-state index contributed by atoms with van der Waals surface area (Å²) in [6.07, 6.45) is 2.92. The Morgan fingerprint density at radius 3 is 1.82 bits per heavy atom. The van der Waals surface area contributed by atoms with Gasteiger partial charge < -0.3 is 35.7 Å². The van der Waals surface area contributed by atoms with E-state index in [4.69, 9.17) is 0 Å². The van der Waals surface area contributed by atoms with E-state index >= 15 is 0 Å². The van der Waals surface area contributed by atoms with Crippen molar-refractivity contribution in [1.82, 2.24) is 4.98 Å². The number of rotatable bonds is 8. The second-order valence-electron chi connectivity index (χ2n) is 9.42. The summed E-state index contributed by atoms with van der Waals surface area (Å²) in [6, 6.07) is 25.2. The Morgan fingerprint density at radius 2 is 1.31 bits per heavy atom. The summed E-state index contributed by atoms with van der Waals surface area (Å²) >= 11 is 0. The predicted molar refractivity (Wildman–Crippen MR) is 153 cm³/mol. The molecular weight excluding hydrogens is 494 g/mol. The molecule has 1 fully saturated rings. The van der Waals surface area contributed by atoms with Gasteiger partial charge in [-0.2, -0.15) is 0 Å². The molecule has 2 heterocycles. The number of nitrogens with zero attached hydrogens (tertiary/aromatic N) is 1. The van der Waals surface area contributed by atoms with Crippen molar-refractivity contribution in [3.63, 3.8) is 0 Å². The van der Waals surface area contributed by atoms with Crippen molar-refractivity contribution in [2.45, 2.75) is 18.9 Å². The standard InChI is InChI=1S/C30H31N5O4/c1-39-30(38)28-18-20(19-31-28)29(37)34-25-8-6-23(7-9-25)32-21-2-4-22(5-3-21)33-24-10-12-26(13-11-24)35-16-14-27(36)15-17-35/h2-13,18-19,27,31-33,36H,14-17H2,1H3,(H,34,37). The summed E-state index contributed by atoms with van der Waals surface area (Å²) in [4.78, 5) is 29.1. The van der Waals surface area contributed by atoms with Gasteiger partial charge in [0, 0.05) is 53.4 Å². The monoisotopic (exact) mass is 525 g/mol. The van der Waals surface area contributed by atoms with Crippen LogP contribution in [0.15, 0.2) is 85.1 Å². The number of piperidine rings is 1. The fraction of sp³-hybridized carbons (Fsp3) is 0.200. The van der Waals surface area contributed by atoms with Crippen molar-refractivity contribution < 1.29 is 19.4 Å². The smallest absolute Gasteiger partial charge is 0.354 e. The van der Waals surface area contributed by atoms with Crippen molar-refractivity contribution in [1.29, 1.82) is 0 Å². The van der Waals surface area contributed by atoms with Gasteiger partial charge in [0.25, 0.3) is 5.91 Å². The molecule has 200 valence electrons. The van der Waals surface area contributed by atoms with Crippen molar-refractivity contribution in [2.75, 3.05) is 41.0 Å². The van der Waals surface area contributed by atoms with Crippen LogP contribution >= 0.6 is 0 Å². The maximum Gasteiger partial charge on any atom is 0.354 e. The number of H-pyrrole nitrogens is 1. The molecule has 0 aliphatic carbocycles. The number of aromatic nitrogens is 1. The minimum absolute atomic E-state index is 0.174. The summed E-state index contributed by atoms with van der Waals surface area (Å²) in [5.41, 5.74) is 6.17. The molecule has 5 N–H and O–H groups in total. The van der Waals surface area contributed by atoms with E-state index in [-0.39, 0.29) is 17.7 Å². The molecule has 4 aromatic rings. The van der Waals surface area contributed by atoms with Gasteiger partial charge in [-0.1, -0.05) is 0 Å². The number of ether oxygens (including phenoxy) is 1. The largest absolute Gasteiger partial charge is 0.464 e. The lowest BCUT2D eigenvalue weighted by Crippen LogP contribution is -2.35. The Bertz CT molecular complexity index is 1410. The predicted octanol–water partition coefficient (Wildman–Crippen LogP) is 5.50. The number of nitrogens with one attached hydrogen (secondary N) is 4. The molecule has 0 radical (unpaired) electrons. The van der Waals surface area contributed by atoms with Crippen LogP contribution in [0.2, 0.25) is 0 Å². The van der Waals surface area contributed by atoms with Crippen LogP contribution in [0.25, 0.3) is 0 Å². The van der Waals surface area contributed by atoms with Gasteiger partial charge in [-0.25, -0.2) is 4.79 Å². The second-order valence-corrected chi connectivity index (χ2v) is 9.42. The minimum Gasteiger partial charge on any atom is -0.464 e. The molecule has 9 nitrogen and oxygen atoms in total. The van der Waals surface area contributed by atoms with Gasteiger partial charge in [0.05, 0.1) is 18.8 Å². The second kappa shape index (κ2) is 11.7. The van der Waals surface area contributed by atoms with Crippen molar-refractivity contribution in [2.24, 2.45) is 0 Å². The average Bonchev–Trinajstić information content (AvgIpc) is 3.46. The number of aliphatic hydroxyl groups excluding tert-OH is 1. The number of amides is 1. The van der Waals surface area contributed by atoms with E-state index in [1.165, 1.54) is 25.1 Å². The van der Waals surface area contributed by atoms with Gasteiger partial charge in [0.1, 0.15) is 5.69 Å². The summed E-state index contributed by atoms with van der Waals surface area (Å²) in [5.74, 6) is -0.857. The SMILES string of the molecule is COC(=O)c1cc(C(=O)Nc2ccc(Nc3ccc(Nc4ccc(N5CCC(O)CC5)cc4)cc3)cc2)c[nH]1. The fourth-order valence-electron chi connectivity index (χ4n) is 4.44. The maximum absolute atomic E-state index is 12.5. The normalized spacial score (nSPS) is 13.5. The first-order chi connectivity index (χ1) is 19.0. The molecule has 0 spiro atoms. The lowest BCUT2D eigenvalue weighted by atomic mass is 10.1. The minimum atomic E-state index is -0.530. The highest BCUT2D eigenvalue weighted by Gasteiger charge is 2.17. The lowest BCUT2D eigenvalue weighted by molar-refractivity contribution is 0.0594. The molecule has 1 aromatic heterocycles. The zero-order valence-corrected chi connectivity index (χ0v) is 21.6. The van der Waals surface area contributed by atoms with Crippen molar-refractivity contribution in [3.8, 4) is 0 Å². The van der Waals surface area contributed by atoms with Crippen LogP contribution in [-0.2, 0) is 4.74 Å². The number of aromatic amines is 1. The van der Waals surface area contributed by atoms with Gasteiger partial charge in [-0.15, -0.1) is 0 Å². The van der Waals surface area contributed by atoms with Gasteiger partial charge >= 0.3 is 5.97 Å². The third kappa shape index (κ3) is 6.58. The summed E-state index contributed by atoms with van der Waals surface area (Å²) in [5, 5.41) is 19.3. The molecular formula is C30H31N5O4. The van der Waals surface area contributed by atoms with E-state index in [2.05, 4.69) is 54.8 Å². The lowest BCUT2D eigenvalue weighted by Gasteiger charge is -2.31. The first-order valence-corrected chi connectivity index (χ1v) is 12.8. The first-order valence-electron chi connectivity index (χ1n) is 12.8. The summed E-state index contributed by atoms with van der Waals surface area (Å²) in [7, 11) is 1.29. The molecule has 1 amide bonds. The van der Waals surface area contributed by atoms with Gasteiger partial charge in [0.15, 0.2) is 0 Å². The maximum atomic E-state index is 12.5. The number of hydrogen-bond acceptors (Lipinski definition) is 7. The van der Waals surface area contributed by atoms with Crippen LogP contribution in [-0.4, -0.2) is 48.3 Å². The molecule has 1 aliphatic heterocycles. The molecule has 39 heavy (non-hydrogen) atoms. The van der Waals surface area contributed by atoms with Crippen molar-refractivity contribution in [3.05, 3.63) is 96.3 Å². The quantitative estimate of drug-likeness (QED) is 0.193. The Labute approximate surface area is 226 Å². The first kappa shape index (κ1) is 25.9.